The molecule has 1 aliphatic rings. The van der Waals surface area contributed by atoms with E-state index in [1.807, 2.05) is 0 Å². The maximum atomic E-state index is 12.6. The van der Waals surface area contributed by atoms with Gasteiger partial charge in [-0.05, 0) is 37.5 Å². The predicted molar refractivity (Wildman–Crippen MR) is 80.1 cm³/mol. The summed E-state index contributed by atoms with van der Waals surface area (Å²) in [5.41, 5.74) is -0.760. The van der Waals surface area contributed by atoms with E-state index < -0.39 is 11.5 Å². The SMILES string of the molecule is CCC1(C(=O)O)CCCN1C(=O)c1ccc(Br)cc1Cl. The van der Waals surface area contributed by atoms with Crippen molar-refractivity contribution in [2.45, 2.75) is 31.7 Å². The third-order valence-electron chi connectivity index (χ3n) is 3.88. The second kappa shape index (κ2) is 5.74. The Morgan fingerprint density at radius 3 is 2.75 bits per heavy atom. The maximum Gasteiger partial charge on any atom is 0.329 e. The zero-order valence-corrected chi connectivity index (χ0v) is 13.4. The molecule has 1 aromatic rings. The van der Waals surface area contributed by atoms with Crippen molar-refractivity contribution in [2.24, 2.45) is 0 Å². The van der Waals surface area contributed by atoms with Crippen LogP contribution in [-0.2, 0) is 4.79 Å². The number of carboxylic acids is 1. The van der Waals surface area contributed by atoms with E-state index in [0.717, 1.165) is 4.47 Å². The number of hydrogen-bond acceptors (Lipinski definition) is 2. The lowest BCUT2D eigenvalue weighted by molar-refractivity contribution is -0.148. The molecule has 1 atom stereocenters. The fourth-order valence-corrected chi connectivity index (χ4v) is 3.48. The number of carbonyl (C=O) groups excluding carboxylic acids is 1. The van der Waals surface area contributed by atoms with Crippen LogP contribution in [0.15, 0.2) is 22.7 Å². The molecule has 0 saturated carbocycles. The quantitative estimate of drug-likeness (QED) is 0.896. The van der Waals surface area contributed by atoms with Gasteiger partial charge in [0.15, 0.2) is 0 Å². The van der Waals surface area contributed by atoms with Crippen LogP contribution in [0.2, 0.25) is 5.02 Å². The molecule has 0 spiro atoms. The van der Waals surface area contributed by atoms with Crippen LogP contribution in [0.3, 0.4) is 0 Å². The van der Waals surface area contributed by atoms with Crippen LogP contribution < -0.4 is 0 Å². The van der Waals surface area contributed by atoms with Crippen molar-refractivity contribution in [3.8, 4) is 0 Å². The number of nitrogens with zero attached hydrogens (tertiary/aromatic N) is 1. The maximum absolute atomic E-state index is 12.6. The summed E-state index contributed by atoms with van der Waals surface area (Å²) >= 11 is 9.38. The second-order valence-corrected chi connectivity index (χ2v) is 6.20. The lowest BCUT2D eigenvalue weighted by Crippen LogP contribution is -2.52. The number of amides is 1. The topological polar surface area (TPSA) is 57.6 Å². The van der Waals surface area contributed by atoms with Gasteiger partial charge in [-0.1, -0.05) is 34.5 Å². The van der Waals surface area contributed by atoms with Crippen LogP contribution >= 0.6 is 27.5 Å². The Balaban J connectivity index is 2.39. The Kier molecular flexibility index (Phi) is 4.39. The van der Waals surface area contributed by atoms with Crippen molar-refractivity contribution in [3.05, 3.63) is 33.3 Å². The highest BCUT2D eigenvalue weighted by atomic mass is 79.9. The van der Waals surface area contributed by atoms with Crippen molar-refractivity contribution >= 4 is 39.4 Å². The third-order valence-corrected chi connectivity index (χ3v) is 4.68. The Bertz CT molecular complexity index is 563. The first-order valence-corrected chi connectivity index (χ1v) is 7.60. The zero-order chi connectivity index (χ0) is 14.9. The highest BCUT2D eigenvalue weighted by Crippen LogP contribution is 2.35. The Labute approximate surface area is 130 Å². The van der Waals surface area contributed by atoms with E-state index >= 15 is 0 Å². The molecular weight excluding hydrogens is 346 g/mol. The van der Waals surface area contributed by atoms with Gasteiger partial charge in [0.2, 0.25) is 0 Å². The van der Waals surface area contributed by atoms with Gasteiger partial charge in [-0.2, -0.15) is 0 Å². The van der Waals surface area contributed by atoms with Gasteiger partial charge in [-0.25, -0.2) is 4.79 Å². The summed E-state index contributed by atoms with van der Waals surface area (Å²) < 4.78 is 0.778. The van der Waals surface area contributed by atoms with Crippen LogP contribution in [-0.4, -0.2) is 34.0 Å². The third kappa shape index (κ3) is 2.44. The molecule has 0 radical (unpaired) electrons. The van der Waals surface area contributed by atoms with Crippen molar-refractivity contribution in [3.63, 3.8) is 0 Å². The van der Waals surface area contributed by atoms with Gasteiger partial charge in [0.1, 0.15) is 5.54 Å². The summed E-state index contributed by atoms with van der Waals surface area (Å²) in [6.07, 6.45) is 1.57. The molecule has 1 heterocycles. The Morgan fingerprint density at radius 1 is 1.50 bits per heavy atom. The molecule has 1 saturated heterocycles. The number of rotatable bonds is 3. The zero-order valence-electron chi connectivity index (χ0n) is 11.0. The standard InChI is InChI=1S/C14H15BrClNO3/c1-2-14(13(19)20)6-3-7-17(14)12(18)10-5-4-9(15)8-11(10)16/h4-5,8H,2-3,6-7H2,1H3,(H,19,20). The summed E-state index contributed by atoms with van der Waals surface area (Å²) in [5.74, 6) is -1.26. The number of halogens is 2. The molecule has 6 heteroatoms. The first kappa shape index (κ1) is 15.3. The molecule has 1 unspecified atom stereocenters. The number of likely N-dealkylation sites (tertiary alicyclic amines) is 1. The number of carbonyl (C=O) groups is 2. The fraction of sp³-hybridized carbons (Fsp3) is 0.429. The summed E-state index contributed by atoms with van der Waals surface area (Å²) in [6, 6.07) is 4.98. The normalized spacial score (nSPS) is 22.1. The lowest BCUT2D eigenvalue weighted by Gasteiger charge is -2.34. The predicted octanol–water partition coefficient (Wildman–Crippen LogP) is 3.57. The molecule has 0 aliphatic carbocycles. The van der Waals surface area contributed by atoms with Crippen molar-refractivity contribution in [1.29, 1.82) is 0 Å². The monoisotopic (exact) mass is 359 g/mol. The van der Waals surface area contributed by atoms with Gasteiger partial charge in [0.25, 0.3) is 5.91 Å². The molecule has 0 bridgehead atoms. The summed E-state index contributed by atoms with van der Waals surface area (Å²) in [5, 5.41) is 9.83. The highest BCUT2D eigenvalue weighted by molar-refractivity contribution is 9.10. The van der Waals surface area contributed by atoms with Gasteiger partial charge < -0.3 is 10.0 Å². The fourth-order valence-electron chi connectivity index (χ4n) is 2.72. The van der Waals surface area contributed by atoms with Crippen LogP contribution in [0.1, 0.15) is 36.5 Å². The van der Waals surface area contributed by atoms with Gasteiger partial charge in [0.05, 0.1) is 10.6 Å². The van der Waals surface area contributed by atoms with E-state index in [0.29, 0.717) is 36.4 Å². The Hall–Kier alpha value is -1.07. The van der Waals surface area contributed by atoms with E-state index in [-0.39, 0.29) is 5.91 Å². The van der Waals surface area contributed by atoms with Gasteiger partial charge in [-0.15, -0.1) is 0 Å². The molecule has 0 aromatic heterocycles. The average Bonchev–Trinajstić information content (AvgIpc) is 2.83. The molecule has 1 amide bonds. The van der Waals surface area contributed by atoms with E-state index in [4.69, 9.17) is 11.6 Å². The number of benzene rings is 1. The first-order chi connectivity index (χ1) is 9.42. The minimum Gasteiger partial charge on any atom is -0.479 e. The van der Waals surface area contributed by atoms with Crippen LogP contribution in [0.5, 0.6) is 0 Å². The molecule has 4 nitrogen and oxygen atoms in total. The molecule has 108 valence electrons. The average molecular weight is 361 g/mol. The van der Waals surface area contributed by atoms with Crippen molar-refractivity contribution < 1.29 is 14.7 Å². The molecule has 1 fully saturated rings. The number of aliphatic carboxylic acids is 1. The van der Waals surface area contributed by atoms with E-state index in [2.05, 4.69) is 15.9 Å². The van der Waals surface area contributed by atoms with Crippen molar-refractivity contribution in [2.75, 3.05) is 6.54 Å². The largest absolute Gasteiger partial charge is 0.479 e. The molecule has 1 N–H and O–H groups in total. The molecule has 1 aromatic carbocycles. The number of hydrogen-bond donors (Lipinski definition) is 1. The second-order valence-electron chi connectivity index (χ2n) is 4.87. The van der Waals surface area contributed by atoms with Gasteiger partial charge in [-0.3, -0.25) is 4.79 Å². The first-order valence-electron chi connectivity index (χ1n) is 6.43. The summed E-state index contributed by atoms with van der Waals surface area (Å²) in [7, 11) is 0. The van der Waals surface area contributed by atoms with Crippen LogP contribution in [0.25, 0.3) is 0 Å². The lowest BCUT2D eigenvalue weighted by atomic mass is 9.92. The van der Waals surface area contributed by atoms with Crippen molar-refractivity contribution in [1.82, 2.24) is 4.90 Å². The van der Waals surface area contributed by atoms with E-state index in [1.54, 1.807) is 25.1 Å². The minimum atomic E-state index is -1.10. The molecule has 1 aliphatic heterocycles. The highest BCUT2D eigenvalue weighted by Gasteiger charge is 2.48. The molecule has 2 rings (SSSR count). The summed E-state index contributed by atoms with van der Waals surface area (Å²) in [6.45, 7) is 2.24. The smallest absolute Gasteiger partial charge is 0.329 e. The Morgan fingerprint density at radius 2 is 2.20 bits per heavy atom. The summed E-state index contributed by atoms with van der Waals surface area (Å²) in [4.78, 5) is 25.7. The van der Waals surface area contributed by atoms with Crippen LogP contribution in [0.4, 0.5) is 0 Å². The molecular formula is C14H15BrClNO3. The number of carboxylic acid groups (broad SMARTS) is 1. The van der Waals surface area contributed by atoms with Gasteiger partial charge in [0, 0.05) is 11.0 Å². The minimum absolute atomic E-state index is 0.316. The van der Waals surface area contributed by atoms with Gasteiger partial charge >= 0.3 is 5.97 Å². The van der Waals surface area contributed by atoms with E-state index in [9.17, 15) is 14.7 Å². The van der Waals surface area contributed by atoms with Crippen LogP contribution in [0, 0.1) is 0 Å². The molecule has 20 heavy (non-hydrogen) atoms. The van der Waals surface area contributed by atoms with E-state index in [1.165, 1.54) is 4.90 Å².